The Morgan fingerprint density at radius 1 is 1.38 bits per heavy atom. The van der Waals surface area contributed by atoms with Gasteiger partial charge in [-0.3, -0.25) is 0 Å². The summed E-state index contributed by atoms with van der Waals surface area (Å²) >= 11 is 0. The van der Waals surface area contributed by atoms with E-state index in [1.54, 1.807) is 6.26 Å². The summed E-state index contributed by atoms with van der Waals surface area (Å²) in [6.07, 6.45) is 10.4. The number of nitrogens with one attached hydrogen (secondary N) is 1. The van der Waals surface area contributed by atoms with Gasteiger partial charge >= 0.3 is 0 Å². The Labute approximate surface area is 98.4 Å². The molecular formula is C14H23NO. The Kier molecular flexibility index (Phi) is 4.05. The summed E-state index contributed by atoms with van der Waals surface area (Å²) in [5.74, 6) is 0.974. The molecule has 16 heavy (non-hydrogen) atoms. The van der Waals surface area contributed by atoms with Gasteiger partial charge in [-0.05, 0) is 44.6 Å². The van der Waals surface area contributed by atoms with Gasteiger partial charge in [0, 0.05) is 17.6 Å². The highest BCUT2D eigenvalue weighted by atomic mass is 16.3. The first kappa shape index (κ1) is 11.7. The lowest BCUT2D eigenvalue weighted by Crippen LogP contribution is -2.34. The van der Waals surface area contributed by atoms with Crippen molar-refractivity contribution in [3.63, 3.8) is 0 Å². The van der Waals surface area contributed by atoms with E-state index in [9.17, 15) is 0 Å². The van der Waals surface area contributed by atoms with E-state index in [0.29, 0.717) is 12.1 Å². The zero-order valence-electron chi connectivity index (χ0n) is 10.4. The van der Waals surface area contributed by atoms with Crippen molar-refractivity contribution in [1.82, 2.24) is 5.32 Å². The Balaban J connectivity index is 1.78. The van der Waals surface area contributed by atoms with Crippen LogP contribution in [-0.4, -0.2) is 6.04 Å². The molecule has 0 spiro atoms. The fourth-order valence-corrected chi connectivity index (χ4v) is 2.71. The van der Waals surface area contributed by atoms with Crippen molar-refractivity contribution in [2.75, 3.05) is 0 Å². The molecule has 1 heterocycles. The van der Waals surface area contributed by atoms with Crippen molar-refractivity contribution in [2.24, 2.45) is 5.92 Å². The second-order valence-electron chi connectivity index (χ2n) is 5.07. The molecule has 1 aromatic heterocycles. The first-order valence-corrected chi connectivity index (χ1v) is 6.57. The van der Waals surface area contributed by atoms with Crippen molar-refractivity contribution < 1.29 is 4.42 Å². The van der Waals surface area contributed by atoms with Gasteiger partial charge in [-0.15, -0.1) is 0 Å². The second-order valence-corrected chi connectivity index (χ2v) is 5.07. The molecule has 1 aromatic rings. The lowest BCUT2D eigenvalue weighted by atomic mass is 9.84. The van der Waals surface area contributed by atoms with Crippen LogP contribution in [0.5, 0.6) is 0 Å². The van der Waals surface area contributed by atoms with Crippen molar-refractivity contribution in [1.29, 1.82) is 0 Å². The van der Waals surface area contributed by atoms with Crippen LogP contribution in [0, 0.1) is 5.92 Å². The highest BCUT2D eigenvalue weighted by Gasteiger charge is 2.21. The van der Waals surface area contributed by atoms with Crippen LogP contribution in [0.25, 0.3) is 0 Å². The third-order valence-corrected chi connectivity index (χ3v) is 3.95. The zero-order chi connectivity index (χ0) is 11.4. The second kappa shape index (κ2) is 5.53. The molecule has 2 heteroatoms. The molecule has 1 fully saturated rings. The zero-order valence-corrected chi connectivity index (χ0v) is 10.4. The van der Waals surface area contributed by atoms with Crippen LogP contribution in [0.2, 0.25) is 0 Å². The summed E-state index contributed by atoms with van der Waals surface area (Å²) in [4.78, 5) is 0. The number of hydrogen-bond donors (Lipinski definition) is 1. The van der Waals surface area contributed by atoms with Gasteiger partial charge in [0.15, 0.2) is 0 Å². The normalized spacial score (nSPS) is 27.9. The Morgan fingerprint density at radius 3 is 2.69 bits per heavy atom. The molecule has 0 saturated heterocycles. The van der Waals surface area contributed by atoms with E-state index in [1.807, 2.05) is 6.26 Å². The van der Waals surface area contributed by atoms with Crippen molar-refractivity contribution in [3.8, 4) is 0 Å². The van der Waals surface area contributed by atoms with Crippen LogP contribution in [0.4, 0.5) is 0 Å². The Hall–Kier alpha value is -0.760. The van der Waals surface area contributed by atoms with Crippen molar-refractivity contribution in [3.05, 3.63) is 24.2 Å². The SMILES string of the molecule is CCC1CCC(NC(C)c2ccoc2)CC1. The van der Waals surface area contributed by atoms with Crippen LogP contribution in [0.15, 0.2) is 23.0 Å². The smallest absolute Gasteiger partial charge is 0.0950 e. The van der Waals surface area contributed by atoms with E-state index in [-0.39, 0.29) is 0 Å². The fourth-order valence-electron chi connectivity index (χ4n) is 2.71. The van der Waals surface area contributed by atoms with Crippen LogP contribution in [0.1, 0.15) is 57.6 Å². The molecule has 90 valence electrons. The summed E-state index contributed by atoms with van der Waals surface area (Å²) in [6.45, 7) is 4.53. The highest BCUT2D eigenvalue weighted by Crippen LogP contribution is 2.28. The first-order chi connectivity index (χ1) is 7.79. The molecule has 1 N–H and O–H groups in total. The summed E-state index contributed by atoms with van der Waals surface area (Å²) < 4.78 is 5.12. The maximum Gasteiger partial charge on any atom is 0.0950 e. The highest BCUT2D eigenvalue weighted by molar-refractivity contribution is 5.10. The monoisotopic (exact) mass is 221 g/mol. The molecule has 2 nitrogen and oxygen atoms in total. The molecular weight excluding hydrogens is 198 g/mol. The minimum atomic E-state index is 0.418. The third kappa shape index (κ3) is 2.88. The van der Waals surface area contributed by atoms with Crippen LogP contribution >= 0.6 is 0 Å². The van der Waals surface area contributed by atoms with Gasteiger partial charge in [-0.25, -0.2) is 0 Å². The van der Waals surface area contributed by atoms with Gasteiger partial charge < -0.3 is 9.73 Å². The van der Waals surface area contributed by atoms with Crippen molar-refractivity contribution in [2.45, 2.75) is 58.0 Å². The molecule has 1 atom stereocenters. The molecule has 1 aliphatic rings. The quantitative estimate of drug-likeness (QED) is 0.834. The molecule has 0 aliphatic heterocycles. The van der Waals surface area contributed by atoms with Gasteiger partial charge in [0.25, 0.3) is 0 Å². The average Bonchev–Trinajstić information content (AvgIpc) is 2.83. The lowest BCUT2D eigenvalue weighted by molar-refractivity contribution is 0.273. The molecule has 0 bridgehead atoms. The van der Waals surface area contributed by atoms with Gasteiger partial charge in [0.2, 0.25) is 0 Å². The van der Waals surface area contributed by atoms with Crippen LogP contribution in [0.3, 0.4) is 0 Å². The minimum absolute atomic E-state index is 0.418. The maximum absolute atomic E-state index is 5.12. The molecule has 0 radical (unpaired) electrons. The standard InChI is InChI=1S/C14H23NO/c1-3-12-4-6-14(7-5-12)15-11(2)13-8-9-16-10-13/h8-12,14-15H,3-7H2,1-2H3. The van der Waals surface area contributed by atoms with Gasteiger partial charge in [0.1, 0.15) is 0 Å². The molecule has 1 aliphatic carbocycles. The minimum Gasteiger partial charge on any atom is -0.472 e. The fraction of sp³-hybridized carbons (Fsp3) is 0.714. The van der Waals surface area contributed by atoms with E-state index in [4.69, 9.17) is 4.42 Å². The van der Waals surface area contributed by atoms with Crippen LogP contribution < -0.4 is 5.32 Å². The number of hydrogen-bond acceptors (Lipinski definition) is 2. The molecule has 2 rings (SSSR count). The van der Waals surface area contributed by atoms with E-state index in [1.165, 1.54) is 37.7 Å². The summed E-state index contributed by atoms with van der Waals surface area (Å²) in [5.41, 5.74) is 1.26. The predicted octanol–water partition coefficient (Wildman–Crippen LogP) is 3.90. The van der Waals surface area contributed by atoms with Crippen molar-refractivity contribution >= 4 is 0 Å². The lowest BCUT2D eigenvalue weighted by Gasteiger charge is -2.30. The Morgan fingerprint density at radius 2 is 2.12 bits per heavy atom. The molecule has 0 aromatic carbocycles. The number of furan rings is 1. The summed E-state index contributed by atoms with van der Waals surface area (Å²) in [7, 11) is 0. The van der Waals surface area contributed by atoms with E-state index in [2.05, 4.69) is 25.2 Å². The topological polar surface area (TPSA) is 25.2 Å². The Bertz CT molecular complexity index is 286. The van der Waals surface area contributed by atoms with Gasteiger partial charge in [-0.1, -0.05) is 13.3 Å². The van der Waals surface area contributed by atoms with E-state index < -0.39 is 0 Å². The van der Waals surface area contributed by atoms with Crippen LogP contribution in [-0.2, 0) is 0 Å². The summed E-state index contributed by atoms with van der Waals surface area (Å²) in [6, 6.07) is 3.17. The third-order valence-electron chi connectivity index (χ3n) is 3.95. The summed E-state index contributed by atoms with van der Waals surface area (Å²) in [5, 5.41) is 3.71. The first-order valence-electron chi connectivity index (χ1n) is 6.57. The molecule has 0 amide bonds. The predicted molar refractivity (Wildman–Crippen MR) is 66.3 cm³/mol. The van der Waals surface area contributed by atoms with E-state index >= 15 is 0 Å². The maximum atomic E-state index is 5.12. The molecule has 1 saturated carbocycles. The van der Waals surface area contributed by atoms with E-state index in [0.717, 1.165) is 5.92 Å². The molecule has 1 unspecified atom stereocenters. The average molecular weight is 221 g/mol. The van der Waals surface area contributed by atoms with Gasteiger partial charge in [-0.2, -0.15) is 0 Å². The van der Waals surface area contributed by atoms with Gasteiger partial charge in [0.05, 0.1) is 12.5 Å². The largest absolute Gasteiger partial charge is 0.472 e. The number of rotatable bonds is 4.